The van der Waals surface area contributed by atoms with Crippen LogP contribution in [0.1, 0.15) is 23.0 Å². The minimum atomic E-state index is -0.0549. The van der Waals surface area contributed by atoms with Crippen molar-refractivity contribution in [1.82, 2.24) is 5.32 Å². The largest absolute Gasteiger partial charge is 0.396 e. The van der Waals surface area contributed by atoms with Crippen LogP contribution in [0.3, 0.4) is 0 Å². The number of amides is 1. The second kappa shape index (κ2) is 7.47. The maximum absolute atomic E-state index is 12.1. The molecule has 112 valence electrons. The third-order valence-electron chi connectivity index (χ3n) is 3.14. The topological polar surface area (TPSA) is 58.4 Å². The number of nitrogens with zero attached hydrogens (tertiary/aromatic N) is 1. The molecular formula is C13H21N3OS3. The Labute approximate surface area is 132 Å². The van der Waals surface area contributed by atoms with Gasteiger partial charge in [-0.1, -0.05) is 0 Å². The number of nitrogens with two attached hydrogens (primary N) is 1. The zero-order valence-electron chi connectivity index (χ0n) is 11.9. The second-order valence-electron chi connectivity index (χ2n) is 4.50. The molecule has 2 heterocycles. The third-order valence-corrected chi connectivity index (χ3v) is 6.40. The van der Waals surface area contributed by atoms with Crippen molar-refractivity contribution in [2.24, 2.45) is 0 Å². The van der Waals surface area contributed by atoms with Crippen molar-refractivity contribution in [2.45, 2.75) is 18.2 Å². The lowest BCUT2D eigenvalue weighted by Crippen LogP contribution is -2.25. The van der Waals surface area contributed by atoms with Gasteiger partial charge in [0.15, 0.2) is 0 Å². The lowest BCUT2D eigenvalue weighted by Gasteiger charge is -2.21. The highest BCUT2D eigenvalue weighted by Crippen LogP contribution is 2.44. The van der Waals surface area contributed by atoms with E-state index >= 15 is 0 Å². The predicted molar refractivity (Wildman–Crippen MR) is 92.7 cm³/mol. The molecule has 0 bridgehead atoms. The summed E-state index contributed by atoms with van der Waals surface area (Å²) in [5, 5.41) is 4.01. The number of carbonyl (C=O) groups excluding carboxylic acids is 1. The van der Waals surface area contributed by atoms with Gasteiger partial charge in [0.05, 0.1) is 10.6 Å². The summed E-state index contributed by atoms with van der Waals surface area (Å²) in [6, 6.07) is 0. The molecule has 0 unspecified atom stereocenters. The standard InChI is InChI=1S/C13H21N3OS3/c1-3-15-12(17)10-9(14)11(18-2)13(20-10)16-5-4-7-19-8-6-16/h3-8,14H2,1-2H3,(H,15,17). The normalized spacial score (nSPS) is 16.0. The van der Waals surface area contributed by atoms with Crippen LogP contribution in [0.25, 0.3) is 0 Å². The smallest absolute Gasteiger partial charge is 0.263 e. The first kappa shape index (κ1) is 15.9. The fourth-order valence-corrected chi connectivity index (χ4v) is 5.22. The molecule has 3 N–H and O–H groups in total. The third kappa shape index (κ3) is 3.38. The van der Waals surface area contributed by atoms with E-state index in [9.17, 15) is 4.79 Å². The van der Waals surface area contributed by atoms with Gasteiger partial charge in [0, 0.05) is 25.4 Å². The van der Waals surface area contributed by atoms with Crippen LogP contribution in [0.2, 0.25) is 0 Å². The number of hydrogen-bond acceptors (Lipinski definition) is 6. The summed E-state index contributed by atoms with van der Waals surface area (Å²) in [5.41, 5.74) is 6.83. The summed E-state index contributed by atoms with van der Waals surface area (Å²) in [7, 11) is 0. The maximum Gasteiger partial charge on any atom is 0.263 e. The molecule has 0 aliphatic carbocycles. The van der Waals surface area contributed by atoms with Gasteiger partial charge in [0.1, 0.15) is 9.88 Å². The average molecular weight is 332 g/mol. The van der Waals surface area contributed by atoms with Crippen molar-refractivity contribution in [2.75, 3.05) is 48.0 Å². The van der Waals surface area contributed by atoms with Crippen LogP contribution in [0.4, 0.5) is 10.7 Å². The SMILES string of the molecule is CCNC(=O)c1sc(N2CCCSCC2)c(SC)c1N. The minimum Gasteiger partial charge on any atom is -0.396 e. The summed E-state index contributed by atoms with van der Waals surface area (Å²) in [5.74, 6) is 2.30. The van der Waals surface area contributed by atoms with Gasteiger partial charge < -0.3 is 16.0 Å². The van der Waals surface area contributed by atoms with E-state index in [4.69, 9.17) is 5.73 Å². The number of nitrogens with one attached hydrogen (secondary N) is 1. The van der Waals surface area contributed by atoms with Gasteiger partial charge in [-0.25, -0.2) is 0 Å². The molecular weight excluding hydrogens is 310 g/mol. The molecule has 0 saturated carbocycles. The Hall–Kier alpha value is -0.530. The van der Waals surface area contributed by atoms with Crippen LogP contribution < -0.4 is 16.0 Å². The van der Waals surface area contributed by atoms with Crippen LogP contribution in [0, 0.1) is 0 Å². The molecule has 7 heteroatoms. The molecule has 2 rings (SSSR count). The molecule has 1 aliphatic rings. The molecule has 1 saturated heterocycles. The van der Waals surface area contributed by atoms with Gasteiger partial charge in [-0.15, -0.1) is 23.1 Å². The number of carbonyl (C=O) groups is 1. The molecule has 1 aromatic heterocycles. The molecule has 1 amide bonds. The summed E-state index contributed by atoms with van der Waals surface area (Å²) in [4.78, 5) is 16.2. The monoisotopic (exact) mass is 331 g/mol. The fraction of sp³-hybridized carbons (Fsp3) is 0.615. The van der Waals surface area contributed by atoms with Gasteiger partial charge >= 0.3 is 0 Å². The molecule has 0 spiro atoms. The Kier molecular flexibility index (Phi) is 5.92. The van der Waals surface area contributed by atoms with E-state index < -0.39 is 0 Å². The van der Waals surface area contributed by atoms with Crippen molar-refractivity contribution in [3.05, 3.63) is 4.88 Å². The van der Waals surface area contributed by atoms with Crippen LogP contribution in [-0.2, 0) is 0 Å². The van der Waals surface area contributed by atoms with Crippen LogP contribution >= 0.6 is 34.9 Å². The summed E-state index contributed by atoms with van der Waals surface area (Å²) in [6.45, 7) is 4.63. The minimum absolute atomic E-state index is 0.0549. The van der Waals surface area contributed by atoms with Crippen LogP contribution in [0.5, 0.6) is 0 Å². The van der Waals surface area contributed by atoms with Crippen molar-refractivity contribution in [1.29, 1.82) is 0 Å². The summed E-state index contributed by atoms with van der Waals surface area (Å²) in [6.07, 6.45) is 3.21. The van der Waals surface area contributed by atoms with Crippen molar-refractivity contribution in [3.63, 3.8) is 0 Å². The van der Waals surface area contributed by atoms with E-state index in [-0.39, 0.29) is 5.91 Å². The number of anilines is 2. The van der Waals surface area contributed by atoms with Crippen LogP contribution in [0.15, 0.2) is 4.90 Å². The molecule has 1 aliphatic heterocycles. The number of nitrogen functional groups attached to an aromatic ring is 1. The molecule has 0 aromatic carbocycles. The summed E-state index contributed by atoms with van der Waals surface area (Å²) >= 11 is 5.17. The Morgan fingerprint density at radius 1 is 1.45 bits per heavy atom. The highest BCUT2D eigenvalue weighted by Gasteiger charge is 2.24. The van der Waals surface area contributed by atoms with Gasteiger partial charge in [0.25, 0.3) is 5.91 Å². The Morgan fingerprint density at radius 3 is 2.95 bits per heavy atom. The summed E-state index contributed by atoms with van der Waals surface area (Å²) < 4.78 is 0. The zero-order valence-corrected chi connectivity index (χ0v) is 14.3. The molecule has 0 radical (unpaired) electrons. The van der Waals surface area contributed by atoms with E-state index in [0.717, 1.165) is 23.7 Å². The molecule has 4 nitrogen and oxygen atoms in total. The van der Waals surface area contributed by atoms with Gasteiger partial charge in [-0.05, 0) is 25.4 Å². The average Bonchev–Trinajstić information content (AvgIpc) is 2.63. The Morgan fingerprint density at radius 2 is 2.25 bits per heavy atom. The first-order chi connectivity index (χ1) is 9.69. The first-order valence-corrected chi connectivity index (χ1v) is 9.95. The predicted octanol–water partition coefficient (Wildman–Crippen LogP) is 2.75. The Balaban J connectivity index is 2.31. The van der Waals surface area contributed by atoms with Crippen molar-refractivity contribution < 1.29 is 4.79 Å². The van der Waals surface area contributed by atoms with Crippen LogP contribution in [-0.4, -0.2) is 43.3 Å². The lowest BCUT2D eigenvalue weighted by atomic mass is 10.3. The molecule has 0 atom stereocenters. The zero-order chi connectivity index (χ0) is 14.5. The Bertz CT molecular complexity index is 468. The highest BCUT2D eigenvalue weighted by molar-refractivity contribution is 7.99. The second-order valence-corrected chi connectivity index (χ2v) is 7.54. The van der Waals surface area contributed by atoms with E-state index in [1.165, 1.54) is 28.5 Å². The number of rotatable bonds is 4. The van der Waals surface area contributed by atoms with E-state index in [2.05, 4.69) is 10.2 Å². The number of thioether (sulfide) groups is 2. The lowest BCUT2D eigenvalue weighted by molar-refractivity contribution is 0.0960. The van der Waals surface area contributed by atoms with Gasteiger partial charge in [-0.2, -0.15) is 11.8 Å². The van der Waals surface area contributed by atoms with E-state index in [0.29, 0.717) is 17.1 Å². The van der Waals surface area contributed by atoms with E-state index in [1.54, 1.807) is 11.8 Å². The van der Waals surface area contributed by atoms with Gasteiger partial charge in [0.2, 0.25) is 0 Å². The number of thiophene rings is 1. The highest BCUT2D eigenvalue weighted by atomic mass is 32.2. The maximum atomic E-state index is 12.1. The molecule has 20 heavy (non-hydrogen) atoms. The van der Waals surface area contributed by atoms with Gasteiger partial charge in [-0.3, -0.25) is 4.79 Å². The van der Waals surface area contributed by atoms with E-state index in [1.807, 2.05) is 24.9 Å². The first-order valence-electron chi connectivity index (χ1n) is 6.76. The molecule has 1 aromatic rings. The molecule has 1 fully saturated rings. The fourth-order valence-electron chi connectivity index (χ4n) is 2.18. The quantitative estimate of drug-likeness (QED) is 0.831. The number of hydrogen-bond donors (Lipinski definition) is 2. The van der Waals surface area contributed by atoms with Crippen molar-refractivity contribution in [3.8, 4) is 0 Å². The van der Waals surface area contributed by atoms with Crippen molar-refractivity contribution >= 4 is 51.5 Å².